The van der Waals surface area contributed by atoms with Gasteiger partial charge in [-0.25, -0.2) is 0 Å². The van der Waals surface area contributed by atoms with Crippen LogP contribution in [0.5, 0.6) is 11.5 Å². The Balaban J connectivity index is 1.79. The zero-order valence-electron chi connectivity index (χ0n) is 15.7. The van der Waals surface area contributed by atoms with Crippen molar-refractivity contribution >= 4 is 11.4 Å². The molecule has 1 atom stereocenters. The lowest BCUT2D eigenvalue weighted by Crippen LogP contribution is -2.19. The first kappa shape index (κ1) is 17.1. The molecule has 6 nitrogen and oxygen atoms in total. The van der Waals surface area contributed by atoms with Gasteiger partial charge in [-0.1, -0.05) is 18.2 Å². The number of hydrogen-bond donors (Lipinski definition) is 0. The largest absolute Gasteiger partial charge is 0.497 e. The Labute approximate surface area is 158 Å². The van der Waals surface area contributed by atoms with Crippen LogP contribution in [0.3, 0.4) is 0 Å². The van der Waals surface area contributed by atoms with Gasteiger partial charge in [0.2, 0.25) is 0 Å². The van der Waals surface area contributed by atoms with Crippen LogP contribution in [0, 0.1) is 0 Å². The Bertz CT molecular complexity index is 965. The molecule has 0 amide bonds. The van der Waals surface area contributed by atoms with E-state index in [4.69, 9.17) is 14.6 Å². The van der Waals surface area contributed by atoms with Gasteiger partial charge in [0, 0.05) is 30.8 Å². The summed E-state index contributed by atoms with van der Waals surface area (Å²) in [6, 6.07) is 16.1. The fourth-order valence-electron chi connectivity index (χ4n) is 3.42. The maximum absolute atomic E-state index is 5.64. The Morgan fingerprint density at radius 1 is 1.04 bits per heavy atom. The summed E-state index contributed by atoms with van der Waals surface area (Å²) in [5.74, 6) is 1.62. The first-order valence-corrected chi connectivity index (χ1v) is 8.82. The molecule has 4 rings (SSSR count). The van der Waals surface area contributed by atoms with Crippen LogP contribution in [0.2, 0.25) is 0 Å². The third-order valence-electron chi connectivity index (χ3n) is 4.77. The molecule has 1 aromatic heterocycles. The lowest BCUT2D eigenvalue weighted by atomic mass is 9.98. The minimum Gasteiger partial charge on any atom is -0.497 e. The van der Waals surface area contributed by atoms with Crippen LogP contribution in [0.15, 0.2) is 66.0 Å². The molecular weight excluding hydrogens is 340 g/mol. The van der Waals surface area contributed by atoms with Gasteiger partial charge in [-0.3, -0.25) is 9.69 Å². The number of methoxy groups -OCH3 is 2. The number of rotatable bonds is 5. The molecule has 0 aliphatic carbocycles. The first-order chi connectivity index (χ1) is 13.2. The lowest BCUT2D eigenvalue weighted by molar-refractivity contribution is 0.395. The molecule has 2 heterocycles. The molecular formula is C21H22N4O2. The second-order valence-corrected chi connectivity index (χ2v) is 6.46. The number of anilines is 1. The molecule has 1 unspecified atom stereocenters. The Morgan fingerprint density at radius 2 is 1.85 bits per heavy atom. The first-order valence-electron chi connectivity index (χ1n) is 8.82. The van der Waals surface area contributed by atoms with Crippen LogP contribution >= 0.6 is 0 Å². The van der Waals surface area contributed by atoms with Crippen molar-refractivity contribution in [3.8, 4) is 11.5 Å². The van der Waals surface area contributed by atoms with Crippen molar-refractivity contribution in [3.63, 3.8) is 0 Å². The fraction of sp³-hybridized carbons (Fsp3) is 0.238. The molecule has 0 fully saturated rings. The van der Waals surface area contributed by atoms with Crippen LogP contribution < -0.4 is 14.5 Å². The van der Waals surface area contributed by atoms with Crippen molar-refractivity contribution in [3.05, 3.63) is 72.1 Å². The molecule has 0 radical (unpaired) electrons. The zero-order chi connectivity index (χ0) is 18.8. The maximum atomic E-state index is 5.64. The van der Waals surface area contributed by atoms with Crippen LogP contribution in [-0.4, -0.2) is 29.7 Å². The van der Waals surface area contributed by atoms with Crippen LogP contribution in [0.25, 0.3) is 0 Å². The van der Waals surface area contributed by atoms with Crippen molar-refractivity contribution in [2.75, 3.05) is 19.2 Å². The van der Waals surface area contributed by atoms with Gasteiger partial charge in [0.15, 0.2) is 0 Å². The smallest absolute Gasteiger partial charge is 0.124 e. The minimum absolute atomic E-state index is 0.00709. The summed E-state index contributed by atoms with van der Waals surface area (Å²) in [7, 11) is 5.28. The van der Waals surface area contributed by atoms with E-state index in [1.807, 2.05) is 55.8 Å². The summed E-state index contributed by atoms with van der Waals surface area (Å²) in [6.45, 7) is 0. The molecule has 2 aromatic carbocycles. The van der Waals surface area contributed by atoms with Gasteiger partial charge in [-0.2, -0.15) is 10.2 Å². The van der Waals surface area contributed by atoms with E-state index in [1.54, 1.807) is 18.9 Å². The van der Waals surface area contributed by atoms with Gasteiger partial charge in [-0.05, 0) is 30.3 Å². The van der Waals surface area contributed by atoms with Gasteiger partial charge in [0.1, 0.15) is 11.5 Å². The zero-order valence-corrected chi connectivity index (χ0v) is 15.7. The third-order valence-corrected chi connectivity index (χ3v) is 4.77. The standard InChI is InChI=1S/C21H22N4O2/c1-24-14-15(13-22-24)19-12-20(25(23-19)16-7-5-4-6-8-16)18-11-17(26-2)9-10-21(18)27-3/h4-11,13-14,20H,12H2,1-3H3. The van der Waals surface area contributed by atoms with Gasteiger partial charge in [-0.15, -0.1) is 0 Å². The number of aromatic nitrogens is 2. The summed E-state index contributed by atoms with van der Waals surface area (Å²) in [4.78, 5) is 0. The van der Waals surface area contributed by atoms with Gasteiger partial charge in [0.25, 0.3) is 0 Å². The van der Waals surface area contributed by atoms with Gasteiger partial charge >= 0.3 is 0 Å². The van der Waals surface area contributed by atoms with Crippen molar-refractivity contribution in [2.45, 2.75) is 12.5 Å². The fourth-order valence-corrected chi connectivity index (χ4v) is 3.42. The predicted octanol–water partition coefficient (Wildman–Crippen LogP) is 3.79. The molecule has 1 aliphatic heterocycles. The van der Waals surface area contributed by atoms with Crippen molar-refractivity contribution < 1.29 is 9.47 Å². The van der Waals surface area contributed by atoms with Crippen molar-refractivity contribution in [2.24, 2.45) is 12.1 Å². The predicted molar refractivity (Wildman–Crippen MR) is 106 cm³/mol. The Hall–Kier alpha value is -3.28. The van der Waals surface area contributed by atoms with E-state index in [0.29, 0.717) is 0 Å². The average molecular weight is 362 g/mol. The van der Waals surface area contributed by atoms with Gasteiger partial charge in [0.05, 0.1) is 37.9 Å². The lowest BCUT2D eigenvalue weighted by Gasteiger charge is -2.25. The maximum Gasteiger partial charge on any atom is 0.124 e. The summed E-state index contributed by atoms with van der Waals surface area (Å²) < 4.78 is 12.9. The molecule has 27 heavy (non-hydrogen) atoms. The highest BCUT2D eigenvalue weighted by molar-refractivity contribution is 6.03. The molecule has 0 spiro atoms. The molecule has 0 bridgehead atoms. The summed E-state index contributed by atoms with van der Waals surface area (Å²) in [5.41, 5.74) is 4.11. The summed E-state index contributed by atoms with van der Waals surface area (Å²) >= 11 is 0. The van der Waals surface area contributed by atoms with Crippen LogP contribution in [-0.2, 0) is 7.05 Å². The highest BCUT2D eigenvalue weighted by atomic mass is 16.5. The number of nitrogens with zero attached hydrogens (tertiary/aromatic N) is 4. The van der Waals surface area contributed by atoms with Crippen molar-refractivity contribution in [1.29, 1.82) is 0 Å². The molecule has 6 heteroatoms. The number of hydrogen-bond acceptors (Lipinski definition) is 5. The van der Waals surface area contributed by atoms with E-state index in [1.165, 1.54) is 0 Å². The van der Waals surface area contributed by atoms with E-state index in [2.05, 4.69) is 22.2 Å². The molecule has 138 valence electrons. The van der Waals surface area contributed by atoms with Gasteiger partial charge < -0.3 is 9.47 Å². The number of aryl methyl sites for hydroxylation is 1. The van der Waals surface area contributed by atoms with E-state index >= 15 is 0 Å². The number of ether oxygens (including phenoxy) is 2. The monoisotopic (exact) mass is 362 g/mol. The van der Waals surface area contributed by atoms with Crippen molar-refractivity contribution in [1.82, 2.24) is 9.78 Å². The molecule has 0 saturated carbocycles. The second-order valence-electron chi connectivity index (χ2n) is 6.46. The second kappa shape index (κ2) is 7.15. The summed E-state index contributed by atoms with van der Waals surface area (Å²) in [5, 5.41) is 11.3. The quantitative estimate of drug-likeness (QED) is 0.693. The molecule has 0 saturated heterocycles. The normalized spacial score (nSPS) is 16.3. The summed E-state index contributed by atoms with van der Waals surface area (Å²) in [6.07, 6.45) is 4.60. The Kier molecular flexibility index (Phi) is 4.54. The van der Waals surface area contributed by atoms with Crippen LogP contribution in [0.1, 0.15) is 23.6 Å². The van der Waals surface area contributed by atoms with E-state index in [-0.39, 0.29) is 6.04 Å². The van der Waals surface area contributed by atoms with Crippen LogP contribution in [0.4, 0.5) is 5.69 Å². The minimum atomic E-state index is 0.00709. The Morgan fingerprint density at radius 3 is 2.52 bits per heavy atom. The SMILES string of the molecule is COc1ccc(OC)c(C2CC(c3cnn(C)c3)=NN2c2ccccc2)c1. The highest BCUT2D eigenvalue weighted by Gasteiger charge is 2.32. The number of hydrazone groups is 1. The third kappa shape index (κ3) is 3.26. The molecule has 1 aliphatic rings. The topological polar surface area (TPSA) is 51.9 Å². The molecule has 0 N–H and O–H groups in total. The van der Waals surface area contributed by atoms with E-state index in [0.717, 1.165) is 40.4 Å². The van der Waals surface area contributed by atoms with E-state index in [9.17, 15) is 0 Å². The highest BCUT2D eigenvalue weighted by Crippen LogP contribution is 2.41. The molecule has 3 aromatic rings. The number of benzene rings is 2. The van der Waals surface area contributed by atoms with E-state index < -0.39 is 0 Å². The number of para-hydroxylation sites is 1. The average Bonchev–Trinajstić information content (AvgIpc) is 3.34.